The number of ether oxygens (including phenoxy) is 1. The molecule has 0 atom stereocenters. The molecule has 4 heteroatoms. The van der Waals surface area contributed by atoms with Gasteiger partial charge in [0, 0.05) is 13.2 Å². The second-order valence-corrected chi connectivity index (χ2v) is 5.28. The number of carboxylic acid groups (broad SMARTS) is 1. The highest BCUT2D eigenvalue weighted by Crippen LogP contribution is 2.23. The number of likely N-dealkylation sites (N-methyl/N-ethyl adjacent to an activating group) is 1. The van der Waals surface area contributed by atoms with E-state index in [2.05, 4.69) is 11.8 Å². The molecule has 0 saturated heterocycles. The van der Waals surface area contributed by atoms with Gasteiger partial charge in [-0.1, -0.05) is 13.3 Å². The summed E-state index contributed by atoms with van der Waals surface area (Å²) in [5, 5.41) is 9.01. The van der Waals surface area contributed by atoms with Crippen LogP contribution in [0.25, 0.3) is 0 Å². The van der Waals surface area contributed by atoms with E-state index in [1.165, 1.54) is 0 Å². The maximum atomic E-state index is 11.0. The van der Waals surface area contributed by atoms with E-state index in [4.69, 9.17) is 9.84 Å². The summed E-state index contributed by atoms with van der Waals surface area (Å²) in [4.78, 5) is 13.3. The molecule has 0 heterocycles. The summed E-state index contributed by atoms with van der Waals surface area (Å²) in [5.74, 6) is -0.703. The number of aliphatic carboxylic acids is 1. The lowest BCUT2D eigenvalue weighted by atomic mass is 9.87. The molecule has 1 N–H and O–H groups in total. The SMILES string of the molecule is CCOCCN(CC)CCCCC(C)(C)C(=O)O. The maximum Gasteiger partial charge on any atom is 0.309 e. The summed E-state index contributed by atoms with van der Waals surface area (Å²) >= 11 is 0. The third-order valence-electron chi connectivity index (χ3n) is 3.31. The Morgan fingerprint density at radius 1 is 1.22 bits per heavy atom. The Balaban J connectivity index is 3.71. The Hall–Kier alpha value is -0.610. The standard InChI is InChI=1S/C14H29NO3/c1-5-15(11-12-18-6-2)10-8-7-9-14(3,4)13(16)17/h5-12H2,1-4H3,(H,16,17). The molecular weight excluding hydrogens is 230 g/mol. The van der Waals surface area contributed by atoms with Gasteiger partial charge in [0.1, 0.15) is 0 Å². The highest BCUT2D eigenvalue weighted by molar-refractivity contribution is 5.73. The molecule has 0 saturated carbocycles. The molecular formula is C14H29NO3. The van der Waals surface area contributed by atoms with Gasteiger partial charge in [-0.05, 0) is 46.7 Å². The zero-order valence-corrected chi connectivity index (χ0v) is 12.4. The lowest BCUT2D eigenvalue weighted by molar-refractivity contribution is -0.147. The van der Waals surface area contributed by atoms with E-state index in [-0.39, 0.29) is 0 Å². The molecule has 0 spiro atoms. The smallest absolute Gasteiger partial charge is 0.309 e. The fourth-order valence-corrected chi connectivity index (χ4v) is 1.78. The number of hydrogen-bond donors (Lipinski definition) is 1. The van der Waals surface area contributed by atoms with Crippen LogP contribution >= 0.6 is 0 Å². The summed E-state index contributed by atoms with van der Waals surface area (Å²) in [6, 6.07) is 0. The number of carboxylic acids is 1. The minimum Gasteiger partial charge on any atom is -0.481 e. The summed E-state index contributed by atoms with van der Waals surface area (Å²) < 4.78 is 5.34. The maximum absolute atomic E-state index is 11.0. The Morgan fingerprint density at radius 3 is 2.39 bits per heavy atom. The van der Waals surface area contributed by atoms with E-state index in [0.29, 0.717) is 0 Å². The Labute approximate surface area is 111 Å². The zero-order valence-electron chi connectivity index (χ0n) is 12.4. The number of nitrogens with zero attached hydrogens (tertiary/aromatic N) is 1. The molecule has 0 aromatic carbocycles. The van der Waals surface area contributed by atoms with E-state index in [1.54, 1.807) is 13.8 Å². The largest absolute Gasteiger partial charge is 0.481 e. The molecule has 0 unspecified atom stereocenters. The molecule has 0 aliphatic heterocycles. The van der Waals surface area contributed by atoms with E-state index < -0.39 is 11.4 Å². The van der Waals surface area contributed by atoms with Gasteiger partial charge >= 0.3 is 5.97 Å². The number of unbranched alkanes of at least 4 members (excludes halogenated alkanes) is 1. The van der Waals surface area contributed by atoms with E-state index in [1.807, 2.05) is 6.92 Å². The third-order valence-corrected chi connectivity index (χ3v) is 3.31. The van der Waals surface area contributed by atoms with Crippen molar-refractivity contribution in [1.29, 1.82) is 0 Å². The minimum atomic E-state index is -0.703. The van der Waals surface area contributed by atoms with E-state index in [0.717, 1.165) is 52.1 Å². The Morgan fingerprint density at radius 2 is 1.89 bits per heavy atom. The van der Waals surface area contributed by atoms with Crippen molar-refractivity contribution in [2.75, 3.05) is 32.8 Å². The van der Waals surface area contributed by atoms with Gasteiger partial charge in [-0.15, -0.1) is 0 Å². The van der Waals surface area contributed by atoms with Gasteiger partial charge in [-0.2, -0.15) is 0 Å². The van der Waals surface area contributed by atoms with Gasteiger partial charge in [0.25, 0.3) is 0 Å². The molecule has 0 rings (SSSR count). The predicted molar refractivity (Wildman–Crippen MR) is 73.9 cm³/mol. The summed E-state index contributed by atoms with van der Waals surface area (Å²) in [5.41, 5.74) is -0.595. The average molecular weight is 259 g/mol. The highest BCUT2D eigenvalue weighted by atomic mass is 16.5. The molecule has 0 aliphatic rings. The molecule has 18 heavy (non-hydrogen) atoms. The summed E-state index contributed by atoms with van der Waals surface area (Å²) in [6.45, 7) is 12.3. The first-order valence-electron chi connectivity index (χ1n) is 6.97. The lowest BCUT2D eigenvalue weighted by Gasteiger charge is -2.22. The van der Waals surface area contributed by atoms with Crippen molar-refractivity contribution in [1.82, 2.24) is 4.90 Å². The first-order valence-corrected chi connectivity index (χ1v) is 6.97. The molecule has 108 valence electrons. The van der Waals surface area contributed by atoms with Gasteiger partial charge in [0.15, 0.2) is 0 Å². The fraction of sp³-hybridized carbons (Fsp3) is 0.929. The highest BCUT2D eigenvalue weighted by Gasteiger charge is 2.25. The molecule has 0 aromatic rings. The Kier molecular flexibility index (Phi) is 9.02. The monoisotopic (exact) mass is 259 g/mol. The third kappa shape index (κ3) is 7.67. The van der Waals surface area contributed by atoms with E-state index >= 15 is 0 Å². The van der Waals surface area contributed by atoms with Crippen molar-refractivity contribution in [2.45, 2.75) is 47.0 Å². The van der Waals surface area contributed by atoms with Crippen LogP contribution in [-0.2, 0) is 9.53 Å². The van der Waals surface area contributed by atoms with Gasteiger partial charge in [-0.25, -0.2) is 0 Å². The molecule has 0 fully saturated rings. The van der Waals surface area contributed by atoms with Crippen LogP contribution in [0.15, 0.2) is 0 Å². The summed E-state index contributed by atoms with van der Waals surface area (Å²) in [6.07, 6.45) is 2.76. The topological polar surface area (TPSA) is 49.8 Å². The molecule has 0 aromatic heterocycles. The quantitative estimate of drug-likeness (QED) is 0.579. The number of rotatable bonds is 11. The van der Waals surface area contributed by atoms with Gasteiger partial charge in [0.05, 0.1) is 12.0 Å². The normalized spacial score (nSPS) is 12.1. The van der Waals surface area contributed by atoms with Crippen molar-refractivity contribution in [3.63, 3.8) is 0 Å². The molecule has 0 aliphatic carbocycles. The first kappa shape index (κ1) is 17.4. The van der Waals surface area contributed by atoms with Gasteiger partial charge in [-0.3, -0.25) is 4.79 Å². The van der Waals surface area contributed by atoms with Crippen LogP contribution in [0.4, 0.5) is 0 Å². The van der Waals surface area contributed by atoms with E-state index in [9.17, 15) is 4.79 Å². The van der Waals surface area contributed by atoms with Crippen LogP contribution in [0.1, 0.15) is 47.0 Å². The number of carbonyl (C=O) groups is 1. The minimum absolute atomic E-state index is 0.595. The number of hydrogen-bond acceptors (Lipinski definition) is 3. The molecule has 0 radical (unpaired) electrons. The van der Waals surface area contributed by atoms with Crippen molar-refractivity contribution in [2.24, 2.45) is 5.41 Å². The van der Waals surface area contributed by atoms with Crippen LogP contribution in [0.5, 0.6) is 0 Å². The van der Waals surface area contributed by atoms with Crippen molar-refractivity contribution in [3.05, 3.63) is 0 Å². The van der Waals surface area contributed by atoms with Crippen LogP contribution in [-0.4, -0.2) is 48.8 Å². The Bertz CT molecular complexity index is 229. The van der Waals surface area contributed by atoms with Crippen molar-refractivity contribution >= 4 is 5.97 Å². The average Bonchev–Trinajstić information content (AvgIpc) is 2.32. The summed E-state index contributed by atoms with van der Waals surface area (Å²) in [7, 11) is 0. The second-order valence-electron chi connectivity index (χ2n) is 5.28. The van der Waals surface area contributed by atoms with Crippen LogP contribution < -0.4 is 0 Å². The molecule has 0 amide bonds. The molecule has 0 bridgehead atoms. The van der Waals surface area contributed by atoms with Crippen LogP contribution in [0.2, 0.25) is 0 Å². The lowest BCUT2D eigenvalue weighted by Crippen LogP contribution is -2.29. The fourth-order valence-electron chi connectivity index (χ4n) is 1.78. The zero-order chi connectivity index (χ0) is 14.0. The molecule has 4 nitrogen and oxygen atoms in total. The predicted octanol–water partition coefficient (Wildman–Crippen LogP) is 2.63. The van der Waals surface area contributed by atoms with Crippen LogP contribution in [0.3, 0.4) is 0 Å². The second kappa shape index (κ2) is 9.34. The van der Waals surface area contributed by atoms with Crippen LogP contribution in [0, 0.1) is 5.41 Å². The van der Waals surface area contributed by atoms with Crippen molar-refractivity contribution < 1.29 is 14.6 Å². The van der Waals surface area contributed by atoms with Crippen molar-refractivity contribution in [3.8, 4) is 0 Å². The van der Waals surface area contributed by atoms with Gasteiger partial charge in [0.2, 0.25) is 0 Å². The van der Waals surface area contributed by atoms with Gasteiger partial charge < -0.3 is 14.7 Å². The first-order chi connectivity index (χ1) is 8.44.